The second kappa shape index (κ2) is 7.31. The maximum Gasteiger partial charge on any atom is 0.166 e. The van der Waals surface area contributed by atoms with Crippen LogP contribution < -0.4 is 15.4 Å². The average molecular weight is 280 g/mol. The molecule has 0 bridgehead atoms. The molecule has 1 heterocycles. The van der Waals surface area contributed by atoms with E-state index in [2.05, 4.69) is 10.6 Å². The molecule has 2 N–H and O–H groups in total. The van der Waals surface area contributed by atoms with Gasteiger partial charge in [-0.15, -0.1) is 0 Å². The van der Waals surface area contributed by atoms with Crippen molar-refractivity contribution in [2.75, 3.05) is 20.3 Å². The van der Waals surface area contributed by atoms with E-state index in [1.54, 1.807) is 7.11 Å². The molecule has 1 aromatic carbocycles. The molecule has 1 fully saturated rings. The van der Waals surface area contributed by atoms with E-state index >= 15 is 0 Å². The molecular formula is C14H20N2O2S. The average Bonchev–Trinajstić information content (AvgIpc) is 2.96. The molecule has 0 radical (unpaired) electrons. The van der Waals surface area contributed by atoms with E-state index < -0.39 is 0 Å². The Morgan fingerprint density at radius 2 is 2.26 bits per heavy atom. The molecule has 1 aliphatic heterocycles. The zero-order valence-electron chi connectivity index (χ0n) is 11.1. The molecule has 1 atom stereocenters. The summed E-state index contributed by atoms with van der Waals surface area (Å²) in [5.74, 6) is 0.872. The van der Waals surface area contributed by atoms with E-state index in [1.165, 1.54) is 0 Å². The summed E-state index contributed by atoms with van der Waals surface area (Å²) in [5, 5.41) is 7.02. The van der Waals surface area contributed by atoms with E-state index in [0.29, 0.717) is 17.8 Å². The number of methoxy groups -OCH3 is 1. The fraction of sp³-hybridized carbons (Fsp3) is 0.500. The van der Waals surface area contributed by atoms with Crippen LogP contribution in [0.25, 0.3) is 0 Å². The smallest absolute Gasteiger partial charge is 0.166 e. The highest BCUT2D eigenvalue weighted by atomic mass is 32.1. The van der Waals surface area contributed by atoms with Crippen LogP contribution in [-0.4, -0.2) is 31.5 Å². The molecule has 0 aromatic heterocycles. The first kappa shape index (κ1) is 14.1. The lowest BCUT2D eigenvalue weighted by Crippen LogP contribution is -2.39. The molecule has 4 nitrogen and oxygen atoms in total. The van der Waals surface area contributed by atoms with Crippen LogP contribution in [0.2, 0.25) is 0 Å². The van der Waals surface area contributed by atoms with Gasteiger partial charge < -0.3 is 20.1 Å². The van der Waals surface area contributed by atoms with E-state index in [4.69, 9.17) is 21.7 Å². The normalized spacial score (nSPS) is 18.1. The van der Waals surface area contributed by atoms with Crippen LogP contribution in [0.5, 0.6) is 5.75 Å². The predicted molar refractivity (Wildman–Crippen MR) is 79.4 cm³/mol. The van der Waals surface area contributed by atoms with Gasteiger partial charge in [0.25, 0.3) is 0 Å². The van der Waals surface area contributed by atoms with Crippen LogP contribution in [0.1, 0.15) is 18.4 Å². The highest BCUT2D eigenvalue weighted by Gasteiger charge is 2.15. The molecule has 1 aromatic rings. The highest BCUT2D eigenvalue weighted by Crippen LogP contribution is 2.16. The summed E-state index contributed by atoms with van der Waals surface area (Å²) in [6.45, 7) is 2.30. The summed E-state index contributed by atoms with van der Waals surface area (Å²) in [4.78, 5) is 0. The second-order valence-electron chi connectivity index (χ2n) is 4.51. The standard InChI is InChI=1S/C14H20N2O2S/c1-17-13-7-3-2-5-11(13)9-15-14(19)16-10-12-6-4-8-18-12/h2-3,5,7,12H,4,6,8-10H2,1H3,(H2,15,16,19)/t12-/m0/s1. The van der Waals surface area contributed by atoms with Gasteiger partial charge in [-0.3, -0.25) is 0 Å². The number of para-hydroxylation sites is 1. The maximum absolute atomic E-state index is 5.53. The summed E-state index contributed by atoms with van der Waals surface area (Å²) in [6.07, 6.45) is 2.56. The van der Waals surface area contributed by atoms with Crippen molar-refractivity contribution in [3.05, 3.63) is 29.8 Å². The minimum atomic E-state index is 0.297. The Balaban J connectivity index is 1.73. The zero-order chi connectivity index (χ0) is 13.5. The van der Waals surface area contributed by atoms with Crippen molar-refractivity contribution in [2.24, 2.45) is 0 Å². The van der Waals surface area contributed by atoms with Crippen molar-refractivity contribution in [1.29, 1.82) is 0 Å². The third kappa shape index (κ3) is 4.36. The van der Waals surface area contributed by atoms with Crippen molar-refractivity contribution in [1.82, 2.24) is 10.6 Å². The van der Waals surface area contributed by atoms with Gasteiger partial charge in [0.15, 0.2) is 5.11 Å². The molecule has 2 rings (SSSR count). The van der Waals surface area contributed by atoms with E-state index in [1.807, 2.05) is 24.3 Å². The number of benzene rings is 1. The van der Waals surface area contributed by atoms with Crippen LogP contribution >= 0.6 is 12.2 Å². The number of rotatable bonds is 5. The van der Waals surface area contributed by atoms with Crippen LogP contribution in [0.15, 0.2) is 24.3 Å². The summed E-state index contributed by atoms with van der Waals surface area (Å²) < 4.78 is 10.8. The molecule has 0 amide bonds. The third-order valence-corrected chi connectivity index (χ3v) is 3.43. The van der Waals surface area contributed by atoms with Gasteiger partial charge >= 0.3 is 0 Å². The summed E-state index contributed by atoms with van der Waals surface area (Å²) >= 11 is 5.25. The number of ether oxygens (including phenoxy) is 2. The lowest BCUT2D eigenvalue weighted by Gasteiger charge is -2.15. The minimum absolute atomic E-state index is 0.297. The number of hydrogen-bond donors (Lipinski definition) is 2. The van der Waals surface area contributed by atoms with E-state index in [9.17, 15) is 0 Å². The zero-order valence-corrected chi connectivity index (χ0v) is 12.0. The van der Waals surface area contributed by atoms with Crippen LogP contribution in [0, 0.1) is 0 Å². The van der Waals surface area contributed by atoms with Gasteiger partial charge in [0.05, 0.1) is 13.2 Å². The van der Waals surface area contributed by atoms with Gasteiger partial charge in [0, 0.05) is 25.3 Å². The maximum atomic E-state index is 5.53. The number of hydrogen-bond acceptors (Lipinski definition) is 3. The van der Waals surface area contributed by atoms with Gasteiger partial charge in [-0.25, -0.2) is 0 Å². The summed E-state index contributed by atoms with van der Waals surface area (Å²) in [5.41, 5.74) is 1.09. The lowest BCUT2D eigenvalue weighted by atomic mass is 10.2. The van der Waals surface area contributed by atoms with Crippen molar-refractivity contribution in [3.8, 4) is 5.75 Å². The summed E-state index contributed by atoms with van der Waals surface area (Å²) in [7, 11) is 1.67. The van der Waals surface area contributed by atoms with Gasteiger partial charge in [-0.2, -0.15) is 0 Å². The summed E-state index contributed by atoms with van der Waals surface area (Å²) in [6, 6.07) is 7.91. The highest BCUT2D eigenvalue weighted by molar-refractivity contribution is 7.80. The molecule has 0 unspecified atom stereocenters. The van der Waals surface area contributed by atoms with Crippen molar-refractivity contribution < 1.29 is 9.47 Å². The fourth-order valence-corrected chi connectivity index (χ4v) is 2.25. The van der Waals surface area contributed by atoms with Gasteiger partial charge in [-0.1, -0.05) is 18.2 Å². The lowest BCUT2D eigenvalue weighted by molar-refractivity contribution is 0.114. The fourth-order valence-electron chi connectivity index (χ4n) is 2.10. The van der Waals surface area contributed by atoms with Crippen LogP contribution in [0.4, 0.5) is 0 Å². The SMILES string of the molecule is COc1ccccc1CNC(=S)NC[C@@H]1CCCO1. The number of thiocarbonyl (C=S) groups is 1. The molecule has 1 aliphatic rings. The predicted octanol–water partition coefficient (Wildman–Crippen LogP) is 1.84. The molecule has 104 valence electrons. The first-order valence-electron chi connectivity index (χ1n) is 6.55. The van der Waals surface area contributed by atoms with Crippen molar-refractivity contribution >= 4 is 17.3 Å². The molecular weight excluding hydrogens is 260 g/mol. The topological polar surface area (TPSA) is 42.5 Å². The minimum Gasteiger partial charge on any atom is -0.496 e. The molecule has 1 saturated heterocycles. The Bertz CT molecular complexity index is 420. The first-order valence-corrected chi connectivity index (χ1v) is 6.95. The molecule has 0 aliphatic carbocycles. The quantitative estimate of drug-likeness (QED) is 0.806. The monoisotopic (exact) mass is 280 g/mol. The van der Waals surface area contributed by atoms with Gasteiger partial charge in [0.2, 0.25) is 0 Å². The Morgan fingerprint density at radius 3 is 3.00 bits per heavy atom. The Morgan fingerprint density at radius 1 is 1.42 bits per heavy atom. The van der Waals surface area contributed by atoms with Crippen LogP contribution in [0.3, 0.4) is 0 Å². The Labute approximate surface area is 119 Å². The van der Waals surface area contributed by atoms with Crippen LogP contribution in [-0.2, 0) is 11.3 Å². The molecule has 19 heavy (non-hydrogen) atoms. The molecule has 0 saturated carbocycles. The second-order valence-corrected chi connectivity index (χ2v) is 4.92. The van der Waals surface area contributed by atoms with Crippen molar-refractivity contribution in [3.63, 3.8) is 0 Å². The molecule has 5 heteroatoms. The first-order chi connectivity index (χ1) is 9.29. The Kier molecular flexibility index (Phi) is 5.42. The van der Waals surface area contributed by atoms with E-state index in [0.717, 1.165) is 37.3 Å². The van der Waals surface area contributed by atoms with E-state index in [-0.39, 0.29) is 0 Å². The largest absolute Gasteiger partial charge is 0.496 e. The Hall–Kier alpha value is -1.33. The van der Waals surface area contributed by atoms with Gasteiger partial charge in [0.1, 0.15) is 5.75 Å². The third-order valence-electron chi connectivity index (χ3n) is 3.15. The number of nitrogens with one attached hydrogen (secondary N) is 2. The van der Waals surface area contributed by atoms with Gasteiger partial charge in [-0.05, 0) is 31.1 Å². The van der Waals surface area contributed by atoms with Crippen molar-refractivity contribution in [2.45, 2.75) is 25.5 Å². The molecule has 0 spiro atoms.